The lowest BCUT2D eigenvalue weighted by Crippen LogP contribution is -2.06. The van der Waals surface area contributed by atoms with E-state index in [9.17, 15) is 0 Å². The first-order valence-corrected chi connectivity index (χ1v) is 5.38. The van der Waals surface area contributed by atoms with Gasteiger partial charge in [0.25, 0.3) is 5.82 Å². The van der Waals surface area contributed by atoms with Crippen molar-refractivity contribution in [2.75, 3.05) is 0 Å². The van der Waals surface area contributed by atoms with Crippen LogP contribution in [-0.2, 0) is 13.6 Å². The molecule has 0 aliphatic heterocycles. The first kappa shape index (κ1) is 10.8. The number of nitrogens with zero attached hydrogens (tertiary/aromatic N) is 6. The topological polar surface area (TPSA) is 72.3 Å². The highest BCUT2D eigenvalue weighted by Crippen LogP contribution is 2.20. The molecule has 0 amide bonds. The SMILES string of the molecule is Cc1nn(C)c(Cn2cnc(C#N)n2)c1Br. The second-order valence-corrected chi connectivity index (χ2v) is 4.14. The molecule has 2 rings (SSSR count). The molecule has 0 fully saturated rings. The summed E-state index contributed by atoms with van der Waals surface area (Å²) in [6, 6.07) is 1.89. The van der Waals surface area contributed by atoms with Crippen LogP contribution in [0.1, 0.15) is 17.2 Å². The van der Waals surface area contributed by atoms with E-state index in [4.69, 9.17) is 5.26 Å². The number of halogens is 1. The smallest absolute Gasteiger partial charge is 0.252 e. The van der Waals surface area contributed by atoms with Crippen LogP contribution in [0, 0.1) is 18.3 Å². The third-order valence-corrected chi connectivity index (χ3v) is 3.24. The molecule has 0 unspecified atom stereocenters. The molecule has 0 aromatic carbocycles. The second-order valence-electron chi connectivity index (χ2n) is 3.35. The largest absolute Gasteiger partial charge is 0.269 e. The molecule has 2 heterocycles. The molecule has 0 radical (unpaired) electrons. The molecule has 2 aromatic heterocycles. The monoisotopic (exact) mass is 280 g/mol. The Morgan fingerprint density at radius 3 is 2.75 bits per heavy atom. The summed E-state index contributed by atoms with van der Waals surface area (Å²) in [5, 5.41) is 16.9. The van der Waals surface area contributed by atoms with Crippen molar-refractivity contribution in [1.29, 1.82) is 5.26 Å². The summed E-state index contributed by atoms with van der Waals surface area (Å²) in [6.45, 7) is 2.46. The van der Waals surface area contributed by atoms with Crippen LogP contribution in [0.15, 0.2) is 10.8 Å². The Kier molecular flexibility index (Phi) is 2.75. The molecular formula is C9H9BrN6. The van der Waals surface area contributed by atoms with Gasteiger partial charge in [0.15, 0.2) is 0 Å². The quantitative estimate of drug-likeness (QED) is 0.823. The summed E-state index contributed by atoms with van der Waals surface area (Å²) in [5.41, 5.74) is 1.92. The average molecular weight is 281 g/mol. The lowest BCUT2D eigenvalue weighted by atomic mass is 10.4. The molecule has 6 nitrogen and oxygen atoms in total. The van der Waals surface area contributed by atoms with Crippen LogP contribution in [0.2, 0.25) is 0 Å². The van der Waals surface area contributed by atoms with Crippen LogP contribution < -0.4 is 0 Å². The zero-order chi connectivity index (χ0) is 11.7. The normalized spacial score (nSPS) is 10.4. The fraction of sp³-hybridized carbons (Fsp3) is 0.333. The first-order valence-electron chi connectivity index (χ1n) is 4.59. The summed E-state index contributed by atoms with van der Waals surface area (Å²) in [4.78, 5) is 3.84. The predicted octanol–water partition coefficient (Wildman–Crippen LogP) is 1.00. The molecule has 7 heteroatoms. The third-order valence-electron chi connectivity index (χ3n) is 2.21. The number of hydrogen-bond donors (Lipinski definition) is 0. The molecule has 0 N–H and O–H groups in total. The van der Waals surface area contributed by atoms with Crippen molar-refractivity contribution in [1.82, 2.24) is 24.5 Å². The van der Waals surface area contributed by atoms with Gasteiger partial charge in [0.2, 0.25) is 0 Å². The Labute approximate surface area is 101 Å². The molecule has 0 saturated heterocycles. The van der Waals surface area contributed by atoms with E-state index < -0.39 is 0 Å². The Balaban J connectivity index is 2.30. The summed E-state index contributed by atoms with van der Waals surface area (Å²) < 4.78 is 4.36. The Morgan fingerprint density at radius 1 is 1.50 bits per heavy atom. The molecular weight excluding hydrogens is 272 g/mol. The van der Waals surface area contributed by atoms with Gasteiger partial charge in [0.1, 0.15) is 12.4 Å². The molecule has 0 aliphatic carbocycles. The molecule has 0 aliphatic rings. The van der Waals surface area contributed by atoms with Crippen LogP contribution in [-0.4, -0.2) is 24.5 Å². The minimum absolute atomic E-state index is 0.176. The minimum atomic E-state index is 0.176. The van der Waals surface area contributed by atoms with Gasteiger partial charge < -0.3 is 0 Å². The van der Waals surface area contributed by atoms with E-state index in [0.29, 0.717) is 6.54 Å². The van der Waals surface area contributed by atoms with Gasteiger partial charge >= 0.3 is 0 Å². The van der Waals surface area contributed by atoms with E-state index in [0.717, 1.165) is 15.9 Å². The lowest BCUT2D eigenvalue weighted by molar-refractivity contribution is 0.615. The van der Waals surface area contributed by atoms with Gasteiger partial charge in [-0.1, -0.05) is 0 Å². The molecule has 0 atom stereocenters. The van der Waals surface area contributed by atoms with Gasteiger partial charge in [-0.2, -0.15) is 10.4 Å². The van der Waals surface area contributed by atoms with E-state index in [1.807, 2.05) is 20.0 Å². The first-order chi connectivity index (χ1) is 7.61. The van der Waals surface area contributed by atoms with Crippen molar-refractivity contribution < 1.29 is 0 Å². The zero-order valence-corrected chi connectivity index (χ0v) is 10.4. The Morgan fingerprint density at radius 2 is 2.25 bits per heavy atom. The van der Waals surface area contributed by atoms with Crippen LogP contribution in [0.4, 0.5) is 0 Å². The minimum Gasteiger partial charge on any atom is -0.269 e. The number of aryl methyl sites for hydroxylation is 2. The average Bonchev–Trinajstić information content (AvgIpc) is 2.80. The highest BCUT2D eigenvalue weighted by molar-refractivity contribution is 9.10. The van der Waals surface area contributed by atoms with Crippen LogP contribution >= 0.6 is 15.9 Å². The van der Waals surface area contributed by atoms with Crippen molar-refractivity contribution in [3.05, 3.63) is 28.0 Å². The molecule has 82 valence electrons. The van der Waals surface area contributed by atoms with Gasteiger partial charge in [-0.05, 0) is 22.9 Å². The van der Waals surface area contributed by atoms with Gasteiger partial charge in [-0.25, -0.2) is 9.67 Å². The van der Waals surface area contributed by atoms with Crippen molar-refractivity contribution in [2.24, 2.45) is 7.05 Å². The van der Waals surface area contributed by atoms with Gasteiger partial charge in [-0.15, -0.1) is 5.10 Å². The number of rotatable bonds is 2. The van der Waals surface area contributed by atoms with E-state index in [1.165, 1.54) is 6.33 Å². The Bertz CT molecular complexity index is 561. The fourth-order valence-corrected chi connectivity index (χ4v) is 1.89. The van der Waals surface area contributed by atoms with Gasteiger partial charge in [0, 0.05) is 7.05 Å². The maximum atomic E-state index is 8.62. The van der Waals surface area contributed by atoms with Crippen molar-refractivity contribution in [3.63, 3.8) is 0 Å². The predicted molar refractivity (Wildman–Crippen MR) is 59.5 cm³/mol. The highest BCUT2D eigenvalue weighted by atomic mass is 79.9. The number of nitriles is 1. The maximum absolute atomic E-state index is 8.62. The summed E-state index contributed by atoms with van der Waals surface area (Å²) in [6.07, 6.45) is 1.54. The molecule has 0 saturated carbocycles. The standard InChI is InChI=1S/C9H9BrN6/c1-6-9(10)7(15(2)13-6)4-16-5-12-8(3-11)14-16/h5H,4H2,1-2H3. The highest BCUT2D eigenvalue weighted by Gasteiger charge is 2.11. The summed E-state index contributed by atoms with van der Waals surface area (Å²) in [5.74, 6) is 0.176. The zero-order valence-electron chi connectivity index (χ0n) is 8.85. The molecule has 0 bridgehead atoms. The van der Waals surface area contributed by atoms with E-state index in [-0.39, 0.29) is 5.82 Å². The third kappa shape index (κ3) is 1.84. The van der Waals surface area contributed by atoms with E-state index in [1.54, 1.807) is 9.36 Å². The van der Waals surface area contributed by atoms with Crippen LogP contribution in [0.3, 0.4) is 0 Å². The van der Waals surface area contributed by atoms with Gasteiger partial charge in [0.05, 0.1) is 22.4 Å². The fourth-order valence-electron chi connectivity index (χ4n) is 1.43. The lowest BCUT2D eigenvalue weighted by Gasteiger charge is -2.01. The van der Waals surface area contributed by atoms with Gasteiger partial charge in [-0.3, -0.25) is 4.68 Å². The second kappa shape index (κ2) is 4.06. The van der Waals surface area contributed by atoms with Crippen molar-refractivity contribution in [2.45, 2.75) is 13.5 Å². The summed E-state index contributed by atoms with van der Waals surface area (Å²) >= 11 is 3.47. The summed E-state index contributed by atoms with van der Waals surface area (Å²) in [7, 11) is 1.87. The van der Waals surface area contributed by atoms with Crippen LogP contribution in [0.25, 0.3) is 0 Å². The molecule has 2 aromatic rings. The van der Waals surface area contributed by atoms with E-state index in [2.05, 4.69) is 31.1 Å². The number of aromatic nitrogens is 5. The van der Waals surface area contributed by atoms with Crippen molar-refractivity contribution >= 4 is 15.9 Å². The molecule has 16 heavy (non-hydrogen) atoms. The number of hydrogen-bond acceptors (Lipinski definition) is 4. The van der Waals surface area contributed by atoms with Crippen LogP contribution in [0.5, 0.6) is 0 Å². The van der Waals surface area contributed by atoms with Crippen molar-refractivity contribution in [3.8, 4) is 6.07 Å². The Hall–Kier alpha value is -1.68. The van der Waals surface area contributed by atoms with E-state index >= 15 is 0 Å². The maximum Gasteiger partial charge on any atom is 0.252 e. The molecule has 0 spiro atoms.